The number of oxazole rings is 1. The first kappa shape index (κ1) is 17.9. The molecule has 2 aromatic carbocycles. The zero-order valence-electron chi connectivity index (χ0n) is 15.6. The molecule has 4 rings (SSSR count). The van der Waals surface area contributed by atoms with E-state index in [-0.39, 0.29) is 5.91 Å². The SMILES string of the molecule is Cc1ccc(C(Cc2ccco2)C(=O)Nc2ccc3c(c2)oc(=O)n3C)cc1. The van der Waals surface area contributed by atoms with E-state index in [2.05, 4.69) is 5.32 Å². The lowest BCUT2D eigenvalue weighted by atomic mass is 9.93. The van der Waals surface area contributed by atoms with Crippen molar-refractivity contribution in [2.45, 2.75) is 19.3 Å². The van der Waals surface area contributed by atoms with E-state index in [0.717, 1.165) is 16.9 Å². The number of carbonyl (C=O) groups excluding carboxylic acids is 1. The lowest BCUT2D eigenvalue weighted by Crippen LogP contribution is -2.23. The normalized spacial score (nSPS) is 12.2. The van der Waals surface area contributed by atoms with Gasteiger partial charge in [0.05, 0.1) is 17.7 Å². The van der Waals surface area contributed by atoms with Crippen LogP contribution >= 0.6 is 0 Å². The molecule has 0 aliphatic rings. The van der Waals surface area contributed by atoms with Crippen LogP contribution < -0.4 is 11.1 Å². The molecule has 1 amide bonds. The van der Waals surface area contributed by atoms with Crippen molar-refractivity contribution >= 4 is 22.7 Å². The number of amides is 1. The minimum absolute atomic E-state index is 0.155. The summed E-state index contributed by atoms with van der Waals surface area (Å²) in [6, 6.07) is 16.7. The Morgan fingerprint density at radius 3 is 2.64 bits per heavy atom. The molecule has 0 radical (unpaired) electrons. The molecule has 2 aromatic heterocycles. The van der Waals surface area contributed by atoms with Crippen LogP contribution in [0.25, 0.3) is 11.1 Å². The molecule has 1 N–H and O–H groups in total. The highest BCUT2D eigenvalue weighted by molar-refractivity contribution is 5.97. The first-order valence-corrected chi connectivity index (χ1v) is 9.00. The van der Waals surface area contributed by atoms with E-state index in [9.17, 15) is 9.59 Å². The van der Waals surface area contributed by atoms with Crippen LogP contribution in [0.2, 0.25) is 0 Å². The van der Waals surface area contributed by atoms with E-state index >= 15 is 0 Å². The van der Waals surface area contributed by atoms with Gasteiger partial charge >= 0.3 is 5.76 Å². The van der Waals surface area contributed by atoms with Gasteiger partial charge in [0.1, 0.15) is 5.76 Å². The second-order valence-electron chi connectivity index (χ2n) is 6.85. The van der Waals surface area contributed by atoms with E-state index in [1.165, 1.54) is 4.57 Å². The van der Waals surface area contributed by atoms with Gasteiger partial charge in [0.2, 0.25) is 5.91 Å². The Hall–Kier alpha value is -3.54. The number of fused-ring (bicyclic) bond motifs is 1. The molecule has 0 aliphatic heterocycles. The van der Waals surface area contributed by atoms with Crippen LogP contribution in [0.1, 0.15) is 22.8 Å². The van der Waals surface area contributed by atoms with Crippen LogP contribution in [-0.2, 0) is 18.3 Å². The summed E-state index contributed by atoms with van der Waals surface area (Å²) in [5.74, 6) is -0.262. The molecule has 4 aromatic rings. The van der Waals surface area contributed by atoms with Crippen molar-refractivity contribution < 1.29 is 13.6 Å². The minimum Gasteiger partial charge on any atom is -0.469 e. The van der Waals surface area contributed by atoms with Crippen LogP contribution in [0.4, 0.5) is 5.69 Å². The maximum atomic E-state index is 13.1. The quantitative estimate of drug-likeness (QED) is 0.571. The standard InChI is InChI=1S/C22H20N2O4/c1-14-5-7-15(8-6-14)18(13-17-4-3-11-27-17)21(25)23-16-9-10-19-20(12-16)28-22(26)24(19)2/h3-12,18H,13H2,1-2H3,(H,23,25). The number of aromatic nitrogens is 1. The maximum Gasteiger partial charge on any atom is 0.419 e. The van der Waals surface area contributed by atoms with Gasteiger partial charge in [-0.2, -0.15) is 0 Å². The third-order valence-electron chi connectivity index (χ3n) is 4.84. The zero-order valence-corrected chi connectivity index (χ0v) is 15.6. The van der Waals surface area contributed by atoms with Crippen molar-refractivity contribution in [3.8, 4) is 0 Å². The first-order chi connectivity index (χ1) is 13.5. The Bertz CT molecular complexity index is 1170. The average molecular weight is 376 g/mol. The Balaban J connectivity index is 1.63. The van der Waals surface area contributed by atoms with Gasteiger partial charge in [-0.15, -0.1) is 0 Å². The number of nitrogens with zero attached hydrogens (tertiary/aromatic N) is 1. The Morgan fingerprint density at radius 2 is 1.93 bits per heavy atom. The highest BCUT2D eigenvalue weighted by Crippen LogP contribution is 2.25. The van der Waals surface area contributed by atoms with Gasteiger partial charge in [0.25, 0.3) is 0 Å². The summed E-state index contributed by atoms with van der Waals surface area (Å²) >= 11 is 0. The molecule has 0 aliphatic carbocycles. The summed E-state index contributed by atoms with van der Waals surface area (Å²) < 4.78 is 12.1. The van der Waals surface area contributed by atoms with E-state index in [1.54, 1.807) is 31.5 Å². The minimum atomic E-state index is -0.436. The van der Waals surface area contributed by atoms with Gasteiger partial charge in [0, 0.05) is 25.2 Å². The molecule has 2 heterocycles. The molecule has 6 nitrogen and oxygen atoms in total. The molecule has 0 saturated heterocycles. The number of aryl methyl sites for hydroxylation is 2. The molecule has 142 valence electrons. The van der Waals surface area contributed by atoms with Crippen molar-refractivity contribution in [2.24, 2.45) is 7.05 Å². The van der Waals surface area contributed by atoms with Gasteiger partial charge in [-0.3, -0.25) is 9.36 Å². The second kappa shape index (κ2) is 7.23. The smallest absolute Gasteiger partial charge is 0.419 e. The molecular formula is C22H20N2O4. The molecule has 6 heteroatoms. The van der Waals surface area contributed by atoms with Crippen molar-refractivity contribution in [3.05, 3.63) is 88.3 Å². The monoisotopic (exact) mass is 376 g/mol. The number of carbonyl (C=O) groups is 1. The van der Waals surface area contributed by atoms with Crippen LogP contribution in [-0.4, -0.2) is 10.5 Å². The fraction of sp³-hybridized carbons (Fsp3) is 0.182. The van der Waals surface area contributed by atoms with E-state index in [0.29, 0.717) is 23.2 Å². The van der Waals surface area contributed by atoms with E-state index < -0.39 is 11.7 Å². The first-order valence-electron chi connectivity index (χ1n) is 9.00. The van der Waals surface area contributed by atoms with Gasteiger partial charge in [0.15, 0.2) is 5.58 Å². The molecule has 0 saturated carbocycles. The van der Waals surface area contributed by atoms with Crippen molar-refractivity contribution in [2.75, 3.05) is 5.32 Å². The Morgan fingerprint density at radius 1 is 1.14 bits per heavy atom. The van der Waals surface area contributed by atoms with Crippen LogP contribution in [0.15, 0.2) is 74.5 Å². The third-order valence-corrected chi connectivity index (χ3v) is 4.84. The fourth-order valence-corrected chi connectivity index (χ4v) is 3.23. The van der Waals surface area contributed by atoms with E-state index in [1.807, 2.05) is 43.3 Å². The van der Waals surface area contributed by atoms with Crippen molar-refractivity contribution in [1.82, 2.24) is 4.57 Å². The summed E-state index contributed by atoms with van der Waals surface area (Å²) in [5, 5.41) is 2.94. The van der Waals surface area contributed by atoms with Crippen LogP contribution in [0, 0.1) is 6.92 Å². The maximum absolute atomic E-state index is 13.1. The second-order valence-corrected chi connectivity index (χ2v) is 6.85. The summed E-state index contributed by atoms with van der Waals surface area (Å²) in [7, 11) is 1.64. The number of hydrogen-bond donors (Lipinski definition) is 1. The molecule has 0 spiro atoms. The fourth-order valence-electron chi connectivity index (χ4n) is 3.23. The number of anilines is 1. The Labute approximate surface area is 161 Å². The van der Waals surface area contributed by atoms with E-state index in [4.69, 9.17) is 8.83 Å². The summed E-state index contributed by atoms with van der Waals surface area (Å²) in [6.07, 6.45) is 2.05. The third kappa shape index (κ3) is 3.49. The number of nitrogens with one attached hydrogen (secondary N) is 1. The predicted octanol–water partition coefficient (Wildman–Crippen LogP) is 4.00. The lowest BCUT2D eigenvalue weighted by Gasteiger charge is -2.17. The number of rotatable bonds is 5. The summed E-state index contributed by atoms with van der Waals surface area (Å²) in [6.45, 7) is 2.01. The summed E-state index contributed by atoms with van der Waals surface area (Å²) in [5.41, 5.74) is 3.72. The molecule has 28 heavy (non-hydrogen) atoms. The molecule has 0 bridgehead atoms. The topological polar surface area (TPSA) is 77.4 Å². The highest BCUT2D eigenvalue weighted by Gasteiger charge is 2.23. The average Bonchev–Trinajstić information content (AvgIpc) is 3.29. The lowest BCUT2D eigenvalue weighted by molar-refractivity contribution is -0.117. The number of benzene rings is 2. The summed E-state index contributed by atoms with van der Waals surface area (Å²) in [4.78, 5) is 24.8. The Kier molecular flexibility index (Phi) is 4.61. The van der Waals surface area contributed by atoms with Gasteiger partial charge in [-0.1, -0.05) is 29.8 Å². The van der Waals surface area contributed by atoms with Crippen LogP contribution in [0.5, 0.6) is 0 Å². The van der Waals surface area contributed by atoms with Crippen LogP contribution in [0.3, 0.4) is 0 Å². The van der Waals surface area contributed by atoms with Crippen molar-refractivity contribution in [3.63, 3.8) is 0 Å². The molecular weight excluding hydrogens is 356 g/mol. The van der Waals surface area contributed by atoms with Gasteiger partial charge in [-0.05, 0) is 36.8 Å². The predicted molar refractivity (Wildman–Crippen MR) is 106 cm³/mol. The number of hydrogen-bond acceptors (Lipinski definition) is 4. The van der Waals surface area contributed by atoms with Gasteiger partial charge in [-0.25, -0.2) is 4.79 Å². The molecule has 1 unspecified atom stereocenters. The number of furan rings is 1. The van der Waals surface area contributed by atoms with Gasteiger partial charge < -0.3 is 14.2 Å². The molecule has 1 atom stereocenters. The highest BCUT2D eigenvalue weighted by atomic mass is 16.4. The van der Waals surface area contributed by atoms with Crippen molar-refractivity contribution in [1.29, 1.82) is 0 Å². The molecule has 0 fully saturated rings. The zero-order chi connectivity index (χ0) is 19.7. The largest absolute Gasteiger partial charge is 0.469 e.